The Morgan fingerprint density at radius 3 is 2.68 bits per heavy atom. The second-order valence-corrected chi connectivity index (χ2v) is 5.75. The van der Waals surface area contributed by atoms with E-state index in [1.807, 2.05) is 12.1 Å². The zero-order chi connectivity index (χ0) is 13.2. The van der Waals surface area contributed by atoms with Gasteiger partial charge in [-0.2, -0.15) is 5.26 Å². The highest BCUT2D eigenvalue weighted by Crippen LogP contribution is 2.36. The van der Waals surface area contributed by atoms with Crippen LogP contribution in [0.25, 0.3) is 0 Å². The number of hydrogen-bond acceptors (Lipinski definition) is 3. The van der Waals surface area contributed by atoms with E-state index in [0.29, 0.717) is 11.3 Å². The Hall–Kier alpha value is -1.53. The molecular formula is C16H20N2O. The Morgan fingerprint density at radius 1 is 1.32 bits per heavy atom. The summed E-state index contributed by atoms with van der Waals surface area (Å²) < 4.78 is 5.29. The van der Waals surface area contributed by atoms with Crippen LogP contribution >= 0.6 is 0 Å². The first-order valence-electron chi connectivity index (χ1n) is 7.11. The smallest absolute Gasteiger partial charge is 0.136 e. The number of hydrogen-bond donors (Lipinski definition) is 0. The molecule has 2 saturated carbocycles. The molecule has 3 nitrogen and oxygen atoms in total. The van der Waals surface area contributed by atoms with Gasteiger partial charge in [0.2, 0.25) is 0 Å². The normalized spacial score (nSPS) is 18.4. The molecule has 0 N–H and O–H groups in total. The highest BCUT2D eigenvalue weighted by Gasteiger charge is 2.33. The van der Waals surface area contributed by atoms with E-state index in [2.05, 4.69) is 17.0 Å². The van der Waals surface area contributed by atoms with E-state index in [9.17, 15) is 0 Å². The molecule has 2 aliphatic carbocycles. The number of ether oxygens (including phenoxy) is 1. The number of nitrogens with zero attached hydrogens (tertiary/aromatic N) is 2. The topological polar surface area (TPSA) is 36.3 Å². The lowest BCUT2D eigenvalue weighted by Gasteiger charge is -2.22. The molecule has 100 valence electrons. The van der Waals surface area contributed by atoms with E-state index in [1.165, 1.54) is 37.8 Å². The third kappa shape index (κ3) is 3.08. The van der Waals surface area contributed by atoms with Gasteiger partial charge in [-0.15, -0.1) is 0 Å². The molecule has 2 aliphatic rings. The fourth-order valence-electron chi connectivity index (χ4n) is 2.58. The van der Waals surface area contributed by atoms with Crippen LogP contribution in [0.5, 0.6) is 5.75 Å². The molecule has 1 aromatic rings. The van der Waals surface area contributed by atoms with Gasteiger partial charge in [0.15, 0.2) is 0 Å². The number of benzene rings is 1. The predicted octanol–water partition coefficient (Wildman–Crippen LogP) is 2.94. The van der Waals surface area contributed by atoms with Crippen molar-refractivity contribution in [3.63, 3.8) is 0 Å². The van der Waals surface area contributed by atoms with Crippen LogP contribution in [0.3, 0.4) is 0 Å². The van der Waals surface area contributed by atoms with Gasteiger partial charge in [0.1, 0.15) is 11.8 Å². The summed E-state index contributed by atoms with van der Waals surface area (Å²) >= 11 is 0. The maximum Gasteiger partial charge on any atom is 0.136 e. The van der Waals surface area contributed by atoms with Crippen molar-refractivity contribution in [3.8, 4) is 11.8 Å². The SMILES string of the molecule is COc1cc(CN(CC2CC2)C2CC2)ccc1C#N. The Kier molecular flexibility index (Phi) is 3.44. The summed E-state index contributed by atoms with van der Waals surface area (Å²) in [6.45, 7) is 2.23. The van der Waals surface area contributed by atoms with E-state index in [-0.39, 0.29) is 0 Å². The third-order valence-corrected chi connectivity index (χ3v) is 4.02. The molecule has 0 aromatic heterocycles. The molecule has 19 heavy (non-hydrogen) atoms. The van der Waals surface area contributed by atoms with Crippen molar-refractivity contribution in [3.05, 3.63) is 29.3 Å². The first-order chi connectivity index (χ1) is 9.30. The van der Waals surface area contributed by atoms with E-state index in [0.717, 1.165) is 18.5 Å². The summed E-state index contributed by atoms with van der Waals surface area (Å²) in [7, 11) is 1.63. The lowest BCUT2D eigenvalue weighted by Crippen LogP contribution is -2.27. The Bertz CT molecular complexity index is 498. The Labute approximate surface area is 114 Å². The van der Waals surface area contributed by atoms with Crippen molar-refractivity contribution in [2.24, 2.45) is 5.92 Å². The van der Waals surface area contributed by atoms with Crippen LogP contribution < -0.4 is 4.74 Å². The average Bonchev–Trinajstić information content (AvgIpc) is 3.29. The number of methoxy groups -OCH3 is 1. The van der Waals surface area contributed by atoms with Gasteiger partial charge < -0.3 is 4.74 Å². The standard InChI is InChI=1S/C16H20N2O/c1-19-16-8-13(4-5-14(16)9-17)11-18(15-6-7-15)10-12-2-3-12/h4-5,8,12,15H,2-3,6-7,10-11H2,1H3. The van der Waals surface area contributed by atoms with Gasteiger partial charge in [0.05, 0.1) is 12.7 Å². The van der Waals surface area contributed by atoms with Gasteiger partial charge in [-0.05, 0) is 49.3 Å². The van der Waals surface area contributed by atoms with Crippen LogP contribution in [0, 0.1) is 17.2 Å². The Balaban J connectivity index is 1.71. The predicted molar refractivity (Wildman–Crippen MR) is 73.9 cm³/mol. The maximum absolute atomic E-state index is 9.01. The van der Waals surface area contributed by atoms with Gasteiger partial charge in [-0.1, -0.05) is 6.07 Å². The van der Waals surface area contributed by atoms with Crippen LogP contribution in [0.1, 0.15) is 36.8 Å². The molecule has 0 heterocycles. The van der Waals surface area contributed by atoms with Crippen LogP contribution in [-0.4, -0.2) is 24.6 Å². The van der Waals surface area contributed by atoms with Crippen molar-refractivity contribution in [1.29, 1.82) is 5.26 Å². The van der Waals surface area contributed by atoms with Crippen molar-refractivity contribution in [2.75, 3.05) is 13.7 Å². The summed E-state index contributed by atoms with van der Waals surface area (Å²) in [5, 5.41) is 9.01. The molecule has 0 radical (unpaired) electrons. The fraction of sp³-hybridized carbons (Fsp3) is 0.562. The van der Waals surface area contributed by atoms with Gasteiger partial charge in [-0.3, -0.25) is 4.90 Å². The number of rotatable bonds is 6. The van der Waals surface area contributed by atoms with E-state index in [1.54, 1.807) is 7.11 Å². The van der Waals surface area contributed by atoms with Gasteiger partial charge in [0.25, 0.3) is 0 Å². The van der Waals surface area contributed by atoms with E-state index < -0.39 is 0 Å². The van der Waals surface area contributed by atoms with Crippen LogP contribution in [0.4, 0.5) is 0 Å². The van der Waals surface area contributed by atoms with Crippen LogP contribution in [-0.2, 0) is 6.54 Å². The van der Waals surface area contributed by atoms with Gasteiger partial charge in [-0.25, -0.2) is 0 Å². The molecule has 3 rings (SSSR count). The van der Waals surface area contributed by atoms with E-state index >= 15 is 0 Å². The van der Waals surface area contributed by atoms with Crippen molar-refractivity contribution in [1.82, 2.24) is 4.90 Å². The molecule has 3 heteroatoms. The zero-order valence-corrected chi connectivity index (χ0v) is 11.4. The van der Waals surface area contributed by atoms with Crippen molar-refractivity contribution < 1.29 is 4.74 Å². The van der Waals surface area contributed by atoms with Crippen LogP contribution in [0.15, 0.2) is 18.2 Å². The maximum atomic E-state index is 9.01. The average molecular weight is 256 g/mol. The highest BCUT2D eigenvalue weighted by molar-refractivity contribution is 5.45. The summed E-state index contributed by atoms with van der Waals surface area (Å²) in [6, 6.07) is 8.90. The minimum atomic E-state index is 0.617. The third-order valence-electron chi connectivity index (χ3n) is 4.02. The summed E-state index contributed by atoms with van der Waals surface area (Å²) in [5.41, 5.74) is 1.87. The summed E-state index contributed by atoms with van der Waals surface area (Å²) in [4.78, 5) is 2.61. The van der Waals surface area contributed by atoms with Gasteiger partial charge in [0, 0.05) is 19.1 Å². The second-order valence-electron chi connectivity index (χ2n) is 5.75. The molecule has 1 aromatic carbocycles. The van der Waals surface area contributed by atoms with Crippen molar-refractivity contribution >= 4 is 0 Å². The number of nitriles is 1. The molecule has 0 aliphatic heterocycles. The Morgan fingerprint density at radius 2 is 2.11 bits per heavy atom. The lowest BCUT2D eigenvalue weighted by molar-refractivity contribution is 0.243. The van der Waals surface area contributed by atoms with Crippen LogP contribution in [0.2, 0.25) is 0 Å². The van der Waals surface area contributed by atoms with Crippen molar-refractivity contribution in [2.45, 2.75) is 38.3 Å². The van der Waals surface area contributed by atoms with Gasteiger partial charge >= 0.3 is 0 Å². The quantitative estimate of drug-likeness (QED) is 0.785. The first-order valence-corrected chi connectivity index (χ1v) is 7.11. The monoisotopic (exact) mass is 256 g/mol. The van der Waals surface area contributed by atoms with E-state index in [4.69, 9.17) is 10.00 Å². The molecule has 0 bridgehead atoms. The molecule has 0 atom stereocenters. The summed E-state index contributed by atoms with van der Waals surface area (Å²) in [6.07, 6.45) is 5.50. The zero-order valence-electron chi connectivity index (χ0n) is 11.4. The molecule has 0 saturated heterocycles. The highest BCUT2D eigenvalue weighted by atomic mass is 16.5. The molecular weight excluding hydrogens is 236 g/mol. The fourth-order valence-corrected chi connectivity index (χ4v) is 2.58. The molecule has 0 amide bonds. The summed E-state index contributed by atoms with van der Waals surface area (Å²) in [5.74, 6) is 1.63. The first kappa shape index (κ1) is 12.5. The largest absolute Gasteiger partial charge is 0.495 e. The lowest BCUT2D eigenvalue weighted by atomic mass is 10.1. The molecule has 2 fully saturated rings. The molecule has 0 spiro atoms. The minimum Gasteiger partial charge on any atom is -0.495 e. The minimum absolute atomic E-state index is 0.617. The molecule has 0 unspecified atom stereocenters. The second kappa shape index (κ2) is 5.22.